The van der Waals surface area contributed by atoms with Crippen LogP contribution in [-0.4, -0.2) is 36.2 Å². The fourth-order valence-corrected chi connectivity index (χ4v) is 3.65. The van der Waals surface area contributed by atoms with Crippen molar-refractivity contribution < 1.29 is 9.53 Å². The van der Waals surface area contributed by atoms with Crippen LogP contribution < -0.4 is 5.32 Å². The zero-order valence-electron chi connectivity index (χ0n) is 16.0. The molecule has 0 spiro atoms. The van der Waals surface area contributed by atoms with E-state index in [2.05, 4.69) is 10.3 Å². The first kappa shape index (κ1) is 20.0. The highest BCUT2D eigenvalue weighted by molar-refractivity contribution is 7.19. The van der Waals surface area contributed by atoms with Crippen molar-refractivity contribution in [3.8, 4) is 10.4 Å². The van der Waals surface area contributed by atoms with Crippen LogP contribution in [0.15, 0.2) is 66.9 Å². The van der Waals surface area contributed by atoms with Gasteiger partial charge in [-0.3, -0.25) is 5.32 Å². The van der Waals surface area contributed by atoms with Crippen LogP contribution >= 0.6 is 11.3 Å². The number of hydrogen-bond donors (Lipinski definition) is 1. The molecule has 3 aromatic rings. The van der Waals surface area contributed by atoms with E-state index in [-0.39, 0.29) is 6.03 Å². The van der Waals surface area contributed by atoms with Gasteiger partial charge in [0, 0.05) is 33.0 Å². The summed E-state index contributed by atoms with van der Waals surface area (Å²) in [5.41, 5.74) is 2.20. The summed E-state index contributed by atoms with van der Waals surface area (Å²) in [5, 5.41) is 3.57. The molecule has 0 unspecified atom stereocenters. The van der Waals surface area contributed by atoms with Gasteiger partial charge in [0.15, 0.2) is 5.13 Å². The molecule has 28 heavy (non-hydrogen) atoms. The zero-order valence-corrected chi connectivity index (χ0v) is 16.8. The van der Waals surface area contributed by atoms with Gasteiger partial charge in [-0.2, -0.15) is 0 Å². The zero-order chi connectivity index (χ0) is 19.6. The van der Waals surface area contributed by atoms with Crippen molar-refractivity contribution in [2.24, 2.45) is 0 Å². The average molecular weight is 396 g/mol. The van der Waals surface area contributed by atoms with Crippen molar-refractivity contribution in [1.82, 2.24) is 9.88 Å². The van der Waals surface area contributed by atoms with Crippen LogP contribution in [0.5, 0.6) is 0 Å². The molecule has 3 rings (SSSR count). The lowest BCUT2D eigenvalue weighted by Crippen LogP contribution is -2.35. The highest BCUT2D eigenvalue weighted by Crippen LogP contribution is 2.28. The van der Waals surface area contributed by atoms with Gasteiger partial charge in [0.1, 0.15) is 0 Å². The first-order valence-corrected chi connectivity index (χ1v) is 10.2. The molecule has 0 radical (unpaired) electrons. The minimum Gasteiger partial charge on any atom is -0.385 e. The van der Waals surface area contributed by atoms with Crippen molar-refractivity contribution in [1.29, 1.82) is 0 Å². The lowest BCUT2D eigenvalue weighted by atomic mass is 10.2. The van der Waals surface area contributed by atoms with Crippen molar-refractivity contribution in [2.75, 3.05) is 25.6 Å². The van der Waals surface area contributed by atoms with E-state index in [9.17, 15) is 4.79 Å². The van der Waals surface area contributed by atoms with E-state index in [1.54, 1.807) is 13.3 Å². The number of carbonyl (C=O) groups excluding carboxylic acids is 1. The number of benzene rings is 2. The molecule has 0 atom stereocenters. The summed E-state index contributed by atoms with van der Waals surface area (Å²) in [7, 11) is 1.70. The normalized spacial score (nSPS) is 10.6. The quantitative estimate of drug-likeness (QED) is 0.502. The van der Waals surface area contributed by atoms with Crippen molar-refractivity contribution in [3.05, 3.63) is 72.4 Å². The maximum absolute atomic E-state index is 12.9. The second-order valence-electron chi connectivity index (χ2n) is 6.43. The van der Waals surface area contributed by atoms with Crippen LogP contribution in [0.1, 0.15) is 18.4 Å². The van der Waals surface area contributed by atoms with Crippen molar-refractivity contribution in [3.63, 3.8) is 0 Å². The van der Waals surface area contributed by atoms with Crippen molar-refractivity contribution in [2.45, 2.75) is 19.4 Å². The molecule has 0 aliphatic rings. The van der Waals surface area contributed by atoms with E-state index in [1.807, 2.05) is 65.6 Å². The Hall–Kier alpha value is -2.70. The van der Waals surface area contributed by atoms with Gasteiger partial charge in [-0.05, 0) is 24.0 Å². The van der Waals surface area contributed by atoms with Gasteiger partial charge in [0.2, 0.25) is 0 Å². The number of urea groups is 1. The number of anilines is 1. The van der Waals surface area contributed by atoms with Gasteiger partial charge in [-0.25, -0.2) is 9.78 Å². The van der Waals surface area contributed by atoms with E-state index in [0.29, 0.717) is 24.8 Å². The Bertz CT molecular complexity index is 852. The lowest BCUT2D eigenvalue weighted by Gasteiger charge is -2.22. The third-order valence-electron chi connectivity index (χ3n) is 4.31. The molecule has 0 fully saturated rings. The predicted octanol–water partition coefficient (Wildman–Crippen LogP) is 5.27. The number of ether oxygens (including phenoxy) is 1. The molecule has 0 aliphatic carbocycles. The van der Waals surface area contributed by atoms with Crippen LogP contribution in [0.25, 0.3) is 10.4 Å². The highest BCUT2D eigenvalue weighted by Gasteiger charge is 2.16. The summed E-state index contributed by atoms with van der Waals surface area (Å²) >= 11 is 1.48. The number of methoxy groups -OCH3 is 1. The standard InChI is InChI=1S/C22H25N3O2S/c1-27-15-9-8-14-25(17-18-10-4-2-5-11-18)22(26)24-21-23-16-20(28-21)19-12-6-3-7-13-19/h2-7,10-13,16H,8-9,14-15,17H2,1H3,(H,23,24,26). The number of thiazole rings is 1. The average Bonchev–Trinajstić information content (AvgIpc) is 3.20. The lowest BCUT2D eigenvalue weighted by molar-refractivity contribution is 0.182. The number of rotatable bonds is 9. The largest absolute Gasteiger partial charge is 0.385 e. The topological polar surface area (TPSA) is 54.5 Å². The van der Waals surface area contributed by atoms with Gasteiger partial charge >= 0.3 is 6.03 Å². The molecular formula is C22H25N3O2S. The third-order valence-corrected chi connectivity index (χ3v) is 5.27. The molecule has 1 N–H and O–H groups in total. The molecule has 1 heterocycles. The second kappa shape index (κ2) is 10.6. The maximum atomic E-state index is 12.9. The molecule has 146 valence electrons. The Kier molecular flexibility index (Phi) is 7.58. The Labute approximate surface area is 170 Å². The number of aromatic nitrogens is 1. The summed E-state index contributed by atoms with van der Waals surface area (Å²) in [6.07, 6.45) is 3.61. The van der Waals surface area contributed by atoms with E-state index < -0.39 is 0 Å². The van der Waals surface area contributed by atoms with E-state index in [4.69, 9.17) is 4.74 Å². The van der Waals surface area contributed by atoms with Gasteiger partial charge in [-0.1, -0.05) is 72.0 Å². The summed E-state index contributed by atoms with van der Waals surface area (Å²) in [5.74, 6) is 0. The minimum atomic E-state index is -0.129. The van der Waals surface area contributed by atoms with E-state index in [0.717, 1.165) is 28.8 Å². The van der Waals surface area contributed by atoms with Crippen LogP contribution in [0.3, 0.4) is 0 Å². The highest BCUT2D eigenvalue weighted by atomic mass is 32.1. The molecule has 0 bridgehead atoms. The fourth-order valence-electron chi connectivity index (χ4n) is 2.84. The summed E-state index contributed by atoms with van der Waals surface area (Å²) in [6.45, 7) is 1.94. The Morgan fingerprint density at radius 2 is 1.79 bits per heavy atom. The second-order valence-corrected chi connectivity index (χ2v) is 7.46. The first-order chi connectivity index (χ1) is 13.8. The Morgan fingerprint density at radius 3 is 2.50 bits per heavy atom. The Morgan fingerprint density at radius 1 is 1.07 bits per heavy atom. The van der Waals surface area contributed by atoms with Crippen molar-refractivity contribution >= 4 is 22.5 Å². The monoisotopic (exact) mass is 395 g/mol. The minimum absolute atomic E-state index is 0.129. The molecule has 2 amide bonds. The predicted molar refractivity (Wildman–Crippen MR) is 115 cm³/mol. The molecule has 1 aromatic heterocycles. The number of hydrogen-bond acceptors (Lipinski definition) is 4. The fraction of sp³-hybridized carbons (Fsp3) is 0.273. The van der Waals surface area contributed by atoms with Gasteiger partial charge in [0.05, 0.1) is 4.88 Å². The summed E-state index contributed by atoms with van der Waals surface area (Å²) in [4.78, 5) is 20.1. The molecule has 6 heteroatoms. The summed E-state index contributed by atoms with van der Waals surface area (Å²) in [6, 6.07) is 19.9. The summed E-state index contributed by atoms with van der Waals surface area (Å²) < 4.78 is 5.12. The SMILES string of the molecule is COCCCCN(Cc1ccccc1)C(=O)Nc1ncc(-c2ccccc2)s1. The molecular weight excluding hydrogens is 370 g/mol. The number of carbonyl (C=O) groups is 1. The number of amides is 2. The molecule has 5 nitrogen and oxygen atoms in total. The van der Waals surface area contributed by atoms with Gasteiger partial charge in [-0.15, -0.1) is 0 Å². The van der Waals surface area contributed by atoms with Crippen LogP contribution in [0, 0.1) is 0 Å². The van der Waals surface area contributed by atoms with Gasteiger partial charge < -0.3 is 9.64 Å². The van der Waals surface area contributed by atoms with Gasteiger partial charge in [0.25, 0.3) is 0 Å². The van der Waals surface area contributed by atoms with Crippen LogP contribution in [-0.2, 0) is 11.3 Å². The molecule has 0 aliphatic heterocycles. The number of nitrogens with one attached hydrogen (secondary N) is 1. The van der Waals surface area contributed by atoms with Crippen LogP contribution in [0.4, 0.5) is 9.93 Å². The van der Waals surface area contributed by atoms with Crippen LogP contribution in [0.2, 0.25) is 0 Å². The molecule has 0 saturated carbocycles. The molecule has 2 aromatic carbocycles. The number of unbranched alkanes of at least 4 members (excludes halogenated alkanes) is 1. The number of nitrogens with zero attached hydrogens (tertiary/aromatic N) is 2. The third kappa shape index (κ3) is 5.90. The Balaban J connectivity index is 1.65. The van der Waals surface area contributed by atoms with E-state index >= 15 is 0 Å². The smallest absolute Gasteiger partial charge is 0.323 e. The molecule has 0 saturated heterocycles. The first-order valence-electron chi connectivity index (χ1n) is 9.36. The van der Waals surface area contributed by atoms with E-state index in [1.165, 1.54) is 11.3 Å². The maximum Gasteiger partial charge on any atom is 0.323 e.